The van der Waals surface area contributed by atoms with Crippen LogP contribution in [-0.2, 0) is 5.75 Å². The molecule has 0 radical (unpaired) electrons. The van der Waals surface area contributed by atoms with Crippen LogP contribution in [0, 0.1) is 0 Å². The van der Waals surface area contributed by atoms with Gasteiger partial charge in [-0.1, -0.05) is 12.1 Å². The number of rotatable bonds is 5. The van der Waals surface area contributed by atoms with Crippen LogP contribution in [0.4, 0.5) is 0 Å². The van der Waals surface area contributed by atoms with Gasteiger partial charge >= 0.3 is 0 Å². The number of aliphatic hydroxyl groups is 1. The van der Waals surface area contributed by atoms with Crippen molar-refractivity contribution in [2.75, 3.05) is 0 Å². The first kappa shape index (κ1) is 14.2. The highest BCUT2D eigenvalue weighted by Gasteiger charge is 2.04. The summed E-state index contributed by atoms with van der Waals surface area (Å²) in [6.07, 6.45) is 1.62. The molecule has 1 aromatic heterocycles. The summed E-state index contributed by atoms with van der Waals surface area (Å²) >= 11 is 1.76. The third-order valence-electron chi connectivity index (χ3n) is 2.94. The van der Waals surface area contributed by atoms with Gasteiger partial charge in [-0.25, -0.2) is 0 Å². The highest BCUT2D eigenvalue weighted by molar-refractivity contribution is 7.98. The minimum absolute atomic E-state index is 0.402. The summed E-state index contributed by atoms with van der Waals surface area (Å²) in [6, 6.07) is 10.5. The van der Waals surface area contributed by atoms with E-state index in [9.17, 15) is 5.11 Å². The van der Waals surface area contributed by atoms with Crippen molar-refractivity contribution in [3.8, 4) is 0 Å². The van der Waals surface area contributed by atoms with E-state index in [1.165, 1.54) is 4.90 Å². The largest absolute Gasteiger partial charge is 0.389 e. The maximum absolute atomic E-state index is 9.46. The van der Waals surface area contributed by atoms with Crippen LogP contribution in [-0.4, -0.2) is 14.9 Å². The summed E-state index contributed by atoms with van der Waals surface area (Å²) in [5.74, 6) is 0.869. The molecule has 3 nitrogen and oxygen atoms in total. The summed E-state index contributed by atoms with van der Waals surface area (Å²) in [5.41, 5.74) is 2.05. The van der Waals surface area contributed by atoms with E-state index in [4.69, 9.17) is 0 Å². The van der Waals surface area contributed by atoms with Gasteiger partial charge in [0.25, 0.3) is 0 Å². The summed E-state index contributed by atoms with van der Waals surface area (Å²) in [4.78, 5) is 1.20. The van der Waals surface area contributed by atoms with Crippen LogP contribution in [0.3, 0.4) is 0 Å². The molecule has 0 aliphatic carbocycles. The first-order valence-corrected chi connectivity index (χ1v) is 7.49. The number of hydrogen-bond acceptors (Lipinski definition) is 3. The van der Waals surface area contributed by atoms with E-state index in [0.29, 0.717) is 6.04 Å². The fourth-order valence-corrected chi connectivity index (χ4v) is 2.54. The van der Waals surface area contributed by atoms with Crippen molar-refractivity contribution >= 4 is 11.8 Å². The van der Waals surface area contributed by atoms with Crippen LogP contribution in [0.5, 0.6) is 0 Å². The van der Waals surface area contributed by atoms with Gasteiger partial charge in [0.1, 0.15) is 0 Å². The van der Waals surface area contributed by atoms with Gasteiger partial charge in [0.2, 0.25) is 0 Å². The SMILES string of the molecule is CC(O)c1ccc(SCc2ccn(C(C)C)n2)cc1. The Kier molecular flexibility index (Phi) is 4.66. The Morgan fingerprint density at radius 3 is 2.37 bits per heavy atom. The van der Waals surface area contributed by atoms with E-state index in [1.807, 2.05) is 35.1 Å². The van der Waals surface area contributed by atoms with Crippen LogP contribution < -0.4 is 0 Å². The van der Waals surface area contributed by atoms with E-state index in [-0.39, 0.29) is 0 Å². The molecule has 0 saturated heterocycles. The molecule has 1 unspecified atom stereocenters. The van der Waals surface area contributed by atoms with Crippen molar-refractivity contribution < 1.29 is 5.11 Å². The second-order valence-corrected chi connectivity index (χ2v) is 5.96. The van der Waals surface area contributed by atoms with Crippen LogP contribution in [0.1, 0.15) is 44.2 Å². The highest BCUT2D eigenvalue weighted by Crippen LogP contribution is 2.24. The molecule has 1 aromatic carbocycles. The predicted octanol–water partition coefficient (Wildman–Crippen LogP) is 3.81. The molecule has 1 N–H and O–H groups in total. The smallest absolute Gasteiger partial charge is 0.0761 e. The number of thioether (sulfide) groups is 1. The summed E-state index contributed by atoms with van der Waals surface area (Å²) in [7, 11) is 0. The average Bonchev–Trinajstić information content (AvgIpc) is 2.86. The quantitative estimate of drug-likeness (QED) is 0.844. The number of nitrogens with zero attached hydrogens (tertiary/aromatic N) is 2. The van der Waals surface area contributed by atoms with Gasteiger partial charge in [-0.3, -0.25) is 4.68 Å². The van der Waals surface area contributed by atoms with Crippen LogP contribution in [0.25, 0.3) is 0 Å². The van der Waals surface area contributed by atoms with E-state index >= 15 is 0 Å². The zero-order valence-corrected chi connectivity index (χ0v) is 12.4. The predicted molar refractivity (Wildman–Crippen MR) is 79.2 cm³/mol. The zero-order valence-electron chi connectivity index (χ0n) is 11.6. The summed E-state index contributed by atoms with van der Waals surface area (Å²) < 4.78 is 1.98. The Bertz CT molecular complexity index is 517. The second kappa shape index (κ2) is 6.26. The third-order valence-corrected chi connectivity index (χ3v) is 3.99. The average molecular weight is 276 g/mol. The monoisotopic (exact) mass is 276 g/mol. The van der Waals surface area contributed by atoms with E-state index < -0.39 is 6.10 Å². The van der Waals surface area contributed by atoms with E-state index in [2.05, 4.69) is 25.0 Å². The Balaban J connectivity index is 1.94. The molecule has 4 heteroatoms. The lowest BCUT2D eigenvalue weighted by Gasteiger charge is -2.06. The van der Waals surface area contributed by atoms with Gasteiger partial charge in [0, 0.05) is 22.9 Å². The van der Waals surface area contributed by atoms with Crippen molar-refractivity contribution in [1.29, 1.82) is 0 Å². The maximum Gasteiger partial charge on any atom is 0.0761 e. The number of hydrogen-bond donors (Lipinski definition) is 1. The van der Waals surface area contributed by atoms with Gasteiger partial charge in [0.15, 0.2) is 0 Å². The fourth-order valence-electron chi connectivity index (χ4n) is 1.74. The molecular formula is C15H20N2OS. The molecule has 0 aliphatic heterocycles. The zero-order chi connectivity index (χ0) is 13.8. The first-order valence-electron chi connectivity index (χ1n) is 6.51. The Morgan fingerprint density at radius 2 is 1.84 bits per heavy atom. The molecule has 0 spiro atoms. The van der Waals surface area contributed by atoms with Crippen LogP contribution >= 0.6 is 11.8 Å². The highest BCUT2D eigenvalue weighted by atomic mass is 32.2. The molecular weight excluding hydrogens is 256 g/mol. The Labute approximate surface area is 118 Å². The Morgan fingerprint density at radius 1 is 1.16 bits per heavy atom. The molecule has 19 heavy (non-hydrogen) atoms. The minimum Gasteiger partial charge on any atom is -0.389 e. The molecule has 102 valence electrons. The molecule has 0 amide bonds. The Hall–Kier alpha value is -1.26. The van der Waals surface area contributed by atoms with Crippen molar-refractivity contribution in [3.05, 3.63) is 47.8 Å². The molecule has 1 heterocycles. The fraction of sp³-hybridized carbons (Fsp3) is 0.400. The number of aromatic nitrogens is 2. The molecule has 0 saturated carbocycles. The van der Waals surface area contributed by atoms with Crippen LogP contribution in [0.2, 0.25) is 0 Å². The number of aliphatic hydroxyl groups excluding tert-OH is 1. The summed E-state index contributed by atoms with van der Waals surface area (Å²) in [6.45, 7) is 6.03. The summed E-state index contributed by atoms with van der Waals surface area (Å²) in [5, 5.41) is 14.0. The van der Waals surface area contributed by atoms with Crippen molar-refractivity contribution in [3.63, 3.8) is 0 Å². The lowest BCUT2D eigenvalue weighted by Crippen LogP contribution is -2.01. The van der Waals surface area contributed by atoms with Gasteiger partial charge < -0.3 is 5.11 Å². The van der Waals surface area contributed by atoms with Crippen molar-refractivity contribution in [2.24, 2.45) is 0 Å². The van der Waals surface area contributed by atoms with Crippen molar-refractivity contribution in [1.82, 2.24) is 9.78 Å². The molecule has 2 rings (SSSR count). The van der Waals surface area contributed by atoms with Crippen molar-refractivity contribution in [2.45, 2.75) is 43.6 Å². The van der Waals surface area contributed by atoms with E-state index in [0.717, 1.165) is 17.0 Å². The molecule has 0 aliphatic rings. The van der Waals surface area contributed by atoms with Gasteiger partial charge in [-0.15, -0.1) is 11.8 Å². The van der Waals surface area contributed by atoms with Gasteiger partial charge in [-0.2, -0.15) is 5.10 Å². The topological polar surface area (TPSA) is 38.0 Å². The maximum atomic E-state index is 9.46. The van der Waals surface area contributed by atoms with E-state index in [1.54, 1.807) is 18.7 Å². The minimum atomic E-state index is -0.402. The molecule has 1 atom stereocenters. The second-order valence-electron chi connectivity index (χ2n) is 4.91. The van der Waals surface area contributed by atoms with Gasteiger partial charge in [-0.05, 0) is 44.5 Å². The number of benzene rings is 1. The standard InChI is InChI=1S/C15H20N2OS/c1-11(2)17-9-8-14(16-17)10-19-15-6-4-13(5-7-15)12(3)18/h4-9,11-12,18H,10H2,1-3H3. The third kappa shape index (κ3) is 3.85. The normalized spacial score (nSPS) is 12.9. The lowest BCUT2D eigenvalue weighted by molar-refractivity contribution is 0.199. The van der Waals surface area contributed by atoms with Gasteiger partial charge in [0.05, 0.1) is 11.8 Å². The molecule has 0 fully saturated rings. The lowest BCUT2D eigenvalue weighted by atomic mass is 10.1. The first-order chi connectivity index (χ1) is 9.06. The molecule has 2 aromatic rings. The van der Waals surface area contributed by atoms with Crippen LogP contribution in [0.15, 0.2) is 41.4 Å². The molecule has 0 bridgehead atoms.